The highest BCUT2D eigenvalue weighted by Crippen LogP contribution is 2.50. The lowest BCUT2D eigenvalue weighted by Gasteiger charge is -2.37. The van der Waals surface area contributed by atoms with Gasteiger partial charge in [0.15, 0.2) is 5.82 Å². The Bertz CT molecular complexity index is 6330. The number of rotatable bonds is 22. The van der Waals surface area contributed by atoms with E-state index in [-0.39, 0.29) is 11.8 Å². The van der Waals surface area contributed by atoms with E-state index in [9.17, 15) is 49.2 Å². The Hall–Kier alpha value is -11.7. The van der Waals surface area contributed by atoms with Crippen LogP contribution in [0.4, 0.5) is 0 Å². The molecule has 4 aliphatic heterocycles. The molecule has 11 heterocycles. The van der Waals surface area contributed by atoms with Gasteiger partial charge in [-0.15, -0.1) is 50.4 Å². The molecule has 0 saturated heterocycles. The van der Waals surface area contributed by atoms with Gasteiger partial charge in [0.25, 0.3) is 5.78 Å². The van der Waals surface area contributed by atoms with E-state index >= 15 is 0 Å². The molecule has 19 nitrogen and oxygen atoms in total. The number of hydrogen-bond acceptors (Lipinski definition) is 16. The van der Waals surface area contributed by atoms with Crippen molar-refractivity contribution in [1.82, 2.24) is 44.2 Å². The second-order valence-electron chi connectivity index (χ2n) is 39.0. The first-order valence-electron chi connectivity index (χ1n) is 49.2. The summed E-state index contributed by atoms with van der Waals surface area (Å²) in [6.07, 6.45) is 29.6. The van der Waals surface area contributed by atoms with Crippen LogP contribution in [0.3, 0.4) is 0 Å². The van der Waals surface area contributed by atoms with E-state index in [1.165, 1.54) is 167 Å². The highest BCUT2D eigenvalue weighted by atomic mass is 32.1. The number of carboxylic acid groups (broad SMARTS) is 4. The molecule has 5 aromatic carbocycles. The first-order chi connectivity index (χ1) is 66.6. The van der Waals surface area contributed by atoms with Gasteiger partial charge in [0.1, 0.15) is 19.5 Å². The lowest BCUT2D eigenvalue weighted by molar-refractivity contribution is -0.130. The van der Waals surface area contributed by atoms with Crippen molar-refractivity contribution in [1.29, 1.82) is 0 Å². The highest BCUT2D eigenvalue weighted by molar-refractivity contribution is 7.18. The Labute approximate surface area is 820 Å². The zero-order chi connectivity index (χ0) is 95.2. The number of amides is 2. The summed E-state index contributed by atoms with van der Waals surface area (Å²) in [6, 6.07) is 65.0. The van der Waals surface area contributed by atoms with E-state index in [4.69, 9.17) is 0 Å². The van der Waals surface area contributed by atoms with Gasteiger partial charge >= 0.3 is 23.9 Å². The van der Waals surface area contributed by atoms with Crippen molar-refractivity contribution >= 4 is 109 Å². The minimum absolute atomic E-state index is 0.101. The molecule has 4 N–H and O–H groups in total. The molecule has 137 heavy (non-hydrogen) atoms. The first-order valence-corrected chi connectivity index (χ1v) is 52.5. The maximum Gasteiger partial charge on any atom is 0.346 e. The van der Waals surface area contributed by atoms with Gasteiger partial charge in [0.05, 0.1) is 13.0 Å². The summed E-state index contributed by atoms with van der Waals surface area (Å²) in [6.45, 7) is 18.6. The van der Waals surface area contributed by atoms with Gasteiger partial charge in [-0.2, -0.15) is 4.98 Å². The number of carbonyl (C=O) groups excluding carboxylic acids is 2. The van der Waals surface area contributed by atoms with Crippen molar-refractivity contribution in [2.24, 2.45) is 47.3 Å². The third kappa shape index (κ3) is 23.8. The second-order valence-corrected chi connectivity index (χ2v) is 43.2. The first kappa shape index (κ1) is 97.0. The molecule has 7 aromatic heterocycles. The fourth-order valence-electron chi connectivity index (χ4n) is 21.9. The lowest BCUT2D eigenvalue weighted by atomic mass is 9.75. The maximum absolute atomic E-state index is 13.2. The molecule has 12 aromatic rings. The molecular formula is C114H125N9O10S4. The predicted octanol–water partition coefficient (Wildman–Crippen LogP) is 26.1. The third-order valence-corrected chi connectivity index (χ3v) is 34.3. The molecule has 0 unspecified atom stereocenters. The number of nitrogens with zero attached hydrogens (tertiary/aromatic N) is 9. The van der Waals surface area contributed by atoms with E-state index in [1.54, 1.807) is 30.0 Å². The van der Waals surface area contributed by atoms with Gasteiger partial charge in [-0.1, -0.05) is 231 Å². The maximum atomic E-state index is 13.2. The summed E-state index contributed by atoms with van der Waals surface area (Å²) < 4.78 is 1.72. The number of pyridine rings is 1. The largest absolute Gasteiger partial charge is 0.477 e. The van der Waals surface area contributed by atoms with Crippen LogP contribution in [0, 0.1) is 47.3 Å². The normalized spacial score (nSPS) is 21.3. The van der Waals surface area contributed by atoms with Gasteiger partial charge in [0.2, 0.25) is 11.8 Å². The van der Waals surface area contributed by atoms with E-state index in [2.05, 4.69) is 136 Å². The predicted molar refractivity (Wildman–Crippen MR) is 552 cm³/mol. The number of hydrogen-bond donors (Lipinski definition) is 4. The summed E-state index contributed by atoms with van der Waals surface area (Å²) in [5, 5.41) is 44.9. The van der Waals surface area contributed by atoms with Crippen molar-refractivity contribution < 1.29 is 49.2 Å². The average molecular weight is 1910 g/mol. The number of aromatic carboxylic acids is 4. The van der Waals surface area contributed by atoms with Gasteiger partial charge in [-0.25, -0.2) is 28.7 Å². The van der Waals surface area contributed by atoms with E-state index in [0.29, 0.717) is 94.5 Å². The number of thiophene rings is 4. The molecule has 23 heteroatoms. The Balaban J connectivity index is 0.000000127. The standard InChI is InChI=1S/C30H32N2O3S.C30H33NO2S.C29H31N5O2S.C25H29NO3S/c1-20-7-9-22(10-8-20)26-19-32(28(33)17-21-11-14-31-15-12-21)16-13-24(26)25-18-27(36-29(25)30(34)35)23-5-3-2-4-6-23;1-21-12-14-23(15-13-21)27-20-31(19-22-8-4-2-5-9-22)17-16-25(27)26-18-28(34-29(26)30(32)33)24-10-6-3-7-11-24;1-19-8-10-20(11-9-19)24-17-33(18-26-31-29-30-13-5-14-34(29)32-26)15-12-22(24)23-16-25(37-27(23)28(35)36)21-6-3-2-4-7-21;1-16-8-10-18(11-9-16)22-15-26(17(2)27)13-12-20(22)21-14-23(30-24(21)25(28)29)19-6-4-3-5-7-19/h2-6,11-12,14-15,18,20,22H,7-10,13,16-17,19H2,1H3,(H,34,35);2-11,18,21,23H,12-17,19-20H2,1H3,(H,32,33);2-7,13-14,16,19-20H,8-12,15,17-18H2,1H3,(H,35,36);3-7,14,16,18H,8-13,15H2,1-2H3,(H,28,29). The SMILES string of the molecule is CC(=O)N1CCC(c2cc(-c3ccccc3)sc2C(=O)O)=C(C2CCC(C)CC2)C1.CC1CCC(C2=C(c3cc(-c4ccccc4)sc3C(=O)O)CCN(C(=O)Cc3ccncc3)C2)CC1.CC1CCC(C2=C(c3cc(-c4ccccc4)sc3C(=O)O)CCN(Cc3ccccc3)C2)CC1.CC1CCC(C2=C(c3cc(-c4ccccc4)sc3C(=O)O)CCN(Cc3nc4ncccn4n3)C2)CC1. The fraction of sp³-hybridized carbons (Fsp3) is 0.386. The molecule has 20 rings (SSSR count). The van der Waals surface area contributed by atoms with Crippen molar-refractivity contribution in [2.75, 3.05) is 52.4 Å². The van der Waals surface area contributed by atoms with Crippen LogP contribution < -0.4 is 0 Å². The van der Waals surface area contributed by atoms with Crippen LogP contribution in [-0.4, -0.2) is 153 Å². The number of carboxylic acids is 4. The third-order valence-electron chi connectivity index (χ3n) is 29.6. The summed E-state index contributed by atoms with van der Waals surface area (Å²) in [5.74, 6) is 3.14. The summed E-state index contributed by atoms with van der Waals surface area (Å²) in [4.78, 5) is 102. The van der Waals surface area contributed by atoms with E-state index < -0.39 is 23.9 Å². The minimum atomic E-state index is -0.877. The quantitative estimate of drug-likeness (QED) is 0.0492. The average Bonchev–Trinajstić information content (AvgIpc) is 1.44. The van der Waals surface area contributed by atoms with Crippen LogP contribution in [0.25, 0.3) is 69.8 Å². The molecule has 4 aliphatic carbocycles. The summed E-state index contributed by atoms with van der Waals surface area (Å²) in [7, 11) is 0. The number of fused-ring (bicyclic) bond motifs is 1. The topological polar surface area (TPSA) is 252 Å². The zero-order valence-electron chi connectivity index (χ0n) is 79.2. The second kappa shape index (κ2) is 45.3. The van der Waals surface area contributed by atoms with E-state index in [0.717, 1.165) is 182 Å². The van der Waals surface area contributed by atoms with Crippen molar-refractivity contribution in [2.45, 2.75) is 183 Å². The van der Waals surface area contributed by atoms with Crippen LogP contribution >= 0.6 is 45.3 Å². The van der Waals surface area contributed by atoms with E-state index in [1.807, 2.05) is 131 Å². The van der Waals surface area contributed by atoms with Crippen molar-refractivity contribution in [3.63, 3.8) is 0 Å². The molecular weight excluding hydrogens is 1780 g/mol. The number of benzene rings is 5. The molecule has 0 bridgehead atoms. The highest BCUT2D eigenvalue weighted by Gasteiger charge is 2.39. The summed E-state index contributed by atoms with van der Waals surface area (Å²) in [5.41, 5.74) is 20.5. The Morgan fingerprint density at radius 1 is 0.358 bits per heavy atom. The lowest BCUT2D eigenvalue weighted by Crippen LogP contribution is -2.39. The molecule has 2 amide bonds. The van der Waals surface area contributed by atoms with Gasteiger partial charge in [-0.3, -0.25) is 24.4 Å². The number of carbonyl (C=O) groups is 6. The van der Waals surface area contributed by atoms with Gasteiger partial charge in [-0.05, 0) is 245 Å². The number of aromatic nitrogens is 5. The molecule has 0 spiro atoms. The fourth-order valence-corrected chi connectivity index (χ4v) is 26.1. The zero-order valence-corrected chi connectivity index (χ0v) is 82.5. The van der Waals surface area contributed by atoms with Crippen LogP contribution in [0.5, 0.6) is 0 Å². The van der Waals surface area contributed by atoms with Crippen LogP contribution in [0.1, 0.15) is 241 Å². The van der Waals surface area contributed by atoms with Crippen molar-refractivity contribution in [3.8, 4) is 41.8 Å². The van der Waals surface area contributed by atoms with Gasteiger partial charge < -0.3 is 30.2 Å². The van der Waals surface area contributed by atoms with Gasteiger partial charge in [0, 0.05) is 132 Å². The molecule has 0 atom stereocenters. The molecule has 0 radical (unpaired) electrons. The van der Waals surface area contributed by atoms with Crippen LogP contribution in [0.2, 0.25) is 0 Å². The van der Waals surface area contributed by atoms with Crippen LogP contribution in [0.15, 0.2) is 241 Å². The Morgan fingerprint density at radius 2 is 0.679 bits per heavy atom. The minimum Gasteiger partial charge on any atom is -0.477 e. The smallest absolute Gasteiger partial charge is 0.346 e. The van der Waals surface area contributed by atoms with Crippen molar-refractivity contribution in [3.05, 3.63) is 300 Å². The monoisotopic (exact) mass is 1910 g/mol. The Kier molecular flexibility index (Phi) is 32.0. The Morgan fingerprint density at radius 3 is 1.02 bits per heavy atom. The summed E-state index contributed by atoms with van der Waals surface area (Å²) >= 11 is 5.52. The molecule has 710 valence electrons. The molecule has 4 fully saturated rings. The molecule has 4 saturated carbocycles. The van der Waals surface area contributed by atoms with Crippen LogP contribution in [-0.2, 0) is 29.1 Å². The molecule has 8 aliphatic rings.